The van der Waals surface area contributed by atoms with E-state index in [0.717, 1.165) is 37.7 Å². The molecule has 6 nitrogen and oxygen atoms in total. The van der Waals surface area contributed by atoms with Gasteiger partial charge in [-0.3, -0.25) is 4.84 Å². The number of anilines is 3. The summed E-state index contributed by atoms with van der Waals surface area (Å²) in [4.78, 5) is 15.0. The lowest BCUT2D eigenvalue weighted by atomic mass is 10.2. The van der Waals surface area contributed by atoms with Gasteiger partial charge >= 0.3 is 0 Å². The molecule has 0 amide bonds. The summed E-state index contributed by atoms with van der Waals surface area (Å²) in [5.74, 6) is 2.06. The van der Waals surface area contributed by atoms with Gasteiger partial charge in [-0.15, -0.1) is 0 Å². The van der Waals surface area contributed by atoms with Crippen LogP contribution in [-0.2, 0) is 4.84 Å². The Balaban J connectivity index is 1.59. The van der Waals surface area contributed by atoms with E-state index in [-0.39, 0.29) is 6.10 Å². The molecule has 2 bridgehead atoms. The zero-order valence-electron chi connectivity index (χ0n) is 11.8. The molecule has 3 aliphatic heterocycles. The molecule has 2 saturated heterocycles. The third-order valence-electron chi connectivity index (χ3n) is 4.44. The van der Waals surface area contributed by atoms with Crippen LogP contribution in [0.5, 0.6) is 0 Å². The van der Waals surface area contributed by atoms with Crippen LogP contribution in [0.4, 0.5) is 17.3 Å². The van der Waals surface area contributed by atoms with Gasteiger partial charge in [0.05, 0.1) is 18.5 Å². The standard InChI is InChI=1S/C14H21N5O/c1-2-11-8-19(9-15-20-11)13-4-3-12-14(17-13)16-10-5-6-18(12)7-10/h3-4,10-11,15H,2,5-9H2,1H3,(H,16,17)/t10-,11+/m0/s1. The van der Waals surface area contributed by atoms with Gasteiger partial charge in [0.25, 0.3) is 0 Å². The number of aromatic nitrogens is 1. The number of hydroxylamine groups is 1. The van der Waals surface area contributed by atoms with E-state index in [0.29, 0.717) is 12.7 Å². The minimum Gasteiger partial charge on any atom is -0.366 e. The predicted molar refractivity (Wildman–Crippen MR) is 79.0 cm³/mol. The minimum atomic E-state index is 0.231. The number of nitrogens with one attached hydrogen (secondary N) is 2. The Morgan fingerprint density at radius 2 is 2.30 bits per heavy atom. The molecule has 0 aromatic carbocycles. The molecule has 0 aliphatic carbocycles. The third-order valence-corrected chi connectivity index (χ3v) is 4.44. The third kappa shape index (κ3) is 1.99. The van der Waals surface area contributed by atoms with Gasteiger partial charge in [0.1, 0.15) is 5.82 Å². The van der Waals surface area contributed by atoms with E-state index in [1.807, 2.05) is 0 Å². The Hall–Kier alpha value is -1.53. The summed E-state index contributed by atoms with van der Waals surface area (Å²) in [6, 6.07) is 4.89. The maximum absolute atomic E-state index is 5.49. The Kier molecular flexibility index (Phi) is 2.93. The van der Waals surface area contributed by atoms with Crippen LogP contribution in [-0.4, -0.2) is 43.4 Å². The summed E-state index contributed by atoms with van der Waals surface area (Å²) < 4.78 is 0. The molecule has 4 rings (SSSR count). The van der Waals surface area contributed by atoms with Gasteiger partial charge in [0.15, 0.2) is 5.82 Å². The Morgan fingerprint density at radius 3 is 3.20 bits per heavy atom. The highest BCUT2D eigenvalue weighted by Gasteiger charge is 2.31. The summed E-state index contributed by atoms with van der Waals surface area (Å²) in [6.45, 7) is 5.98. The van der Waals surface area contributed by atoms with Crippen molar-refractivity contribution in [2.24, 2.45) is 0 Å². The summed E-state index contributed by atoms with van der Waals surface area (Å²) in [6.07, 6.45) is 2.44. The highest BCUT2D eigenvalue weighted by atomic mass is 16.7. The number of nitrogens with zero attached hydrogens (tertiary/aromatic N) is 3. The molecule has 0 unspecified atom stereocenters. The molecule has 2 fully saturated rings. The first-order valence-corrected chi connectivity index (χ1v) is 7.49. The van der Waals surface area contributed by atoms with Crippen LogP contribution < -0.4 is 20.6 Å². The molecule has 0 radical (unpaired) electrons. The van der Waals surface area contributed by atoms with Crippen LogP contribution in [0.1, 0.15) is 19.8 Å². The lowest BCUT2D eigenvalue weighted by molar-refractivity contribution is -0.0441. The van der Waals surface area contributed by atoms with Gasteiger partial charge in [-0.2, -0.15) is 5.48 Å². The molecular formula is C14H21N5O. The van der Waals surface area contributed by atoms with Crippen LogP contribution in [0.15, 0.2) is 12.1 Å². The molecule has 2 atom stereocenters. The van der Waals surface area contributed by atoms with Gasteiger partial charge in [-0.05, 0) is 25.0 Å². The van der Waals surface area contributed by atoms with Gasteiger partial charge in [0, 0.05) is 25.7 Å². The van der Waals surface area contributed by atoms with Crippen LogP contribution in [0.3, 0.4) is 0 Å². The number of rotatable bonds is 2. The zero-order valence-corrected chi connectivity index (χ0v) is 11.8. The Bertz CT molecular complexity index is 508. The number of fused-ring (bicyclic) bond motifs is 4. The van der Waals surface area contributed by atoms with Crippen molar-refractivity contribution in [1.29, 1.82) is 0 Å². The first-order chi connectivity index (χ1) is 9.83. The maximum Gasteiger partial charge on any atom is 0.152 e. The first-order valence-electron chi connectivity index (χ1n) is 7.49. The molecule has 108 valence electrons. The highest BCUT2D eigenvalue weighted by Crippen LogP contribution is 2.35. The average molecular weight is 275 g/mol. The number of pyridine rings is 1. The van der Waals surface area contributed by atoms with Crippen molar-refractivity contribution < 1.29 is 4.84 Å². The van der Waals surface area contributed by atoms with E-state index in [4.69, 9.17) is 9.82 Å². The van der Waals surface area contributed by atoms with Crippen LogP contribution >= 0.6 is 0 Å². The van der Waals surface area contributed by atoms with Crippen molar-refractivity contribution in [1.82, 2.24) is 10.5 Å². The summed E-state index contributed by atoms with van der Waals surface area (Å²) in [5.41, 5.74) is 4.25. The van der Waals surface area contributed by atoms with E-state index >= 15 is 0 Å². The quantitative estimate of drug-likeness (QED) is 0.845. The Morgan fingerprint density at radius 1 is 1.35 bits per heavy atom. The molecule has 2 N–H and O–H groups in total. The predicted octanol–water partition coefficient (Wildman–Crippen LogP) is 1.16. The van der Waals surface area contributed by atoms with Gasteiger partial charge in [0.2, 0.25) is 0 Å². The minimum absolute atomic E-state index is 0.231. The van der Waals surface area contributed by atoms with Crippen LogP contribution in [0.25, 0.3) is 0 Å². The van der Waals surface area contributed by atoms with Crippen molar-refractivity contribution in [3.63, 3.8) is 0 Å². The summed E-state index contributed by atoms with van der Waals surface area (Å²) >= 11 is 0. The SMILES string of the molecule is CC[C@@H]1CN(c2ccc3c(n2)N[C@H]2CCN3C2)CNO1. The fourth-order valence-corrected chi connectivity index (χ4v) is 3.24. The maximum atomic E-state index is 5.49. The van der Waals surface area contributed by atoms with Gasteiger partial charge in [-0.1, -0.05) is 6.92 Å². The zero-order chi connectivity index (χ0) is 13.5. The number of hydrogen-bond acceptors (Lipinski definition) is 6. The molecule has 6 heteroatoms. The van der Waals surface area contributed by atoms with Crippen molar-refractivity contribution in [3.8, 4) is 0 Å². The lowest BCUT2D eigenvalue weighted by Gasteiger charge is -2.34. The number of hydrogen-bond donors (Lipinski definition) is 2. The molecular weight excluding hydrogens is 254 g/mol. The van der Waals surface area contributed by atoms with Crippen molar-refractivity contribution in [3.05, 3.63) is 12.1 Å². The normalized spacial score (nSPS) is 28.2. The monoisotopic (exact) mass is 275 g/mol. The topological polar surface area (TPSA) is 52.7 Å². The van der Waals surface area contributed by atoms with Gasteiger partial charge < -0.3 is 15.1 Å². The van der Waals surface area contributed by atoms with Crippen molar-refractivity contribution >= 4 is 17.3 Å². The van der Waals surface area contributed by atoms with E-state index < -0.39 is 0 Å². The van der Waals surface area contributed by atoms with Crippen LogP contribution in [0, 0.1) is 0 Å². The largest absolute Gasteiger partial charge is 0.366 e. The smallest absolute Gasteiger partial charge is 0.152 e. The summed E-state index contributed by atoms with van der Waals surface area (Å²) in [5, 5.41) is 3.56. The molecule has 4 heterocycles. The average Bonchev–Trinajstić information content (AvgIpc) is 2.89. The summed E-state index contributed by atoms with van der Waals surface area (Å²) in [7, 11) is 0. The fraction of sp³-hybridized carbons (Fsp3) is 0.643. The van der Waals surface area contributed by atoms with Gasteiger partial charge in [-0.25, -0.2) is 4.98 Å². The molecule has 20 heavy (non-hydrogen) atoms. The molecule has 0 spiro atoms. The fourth-order valence-electron chi connectivity index (χ4n) is 3.24. The second kappa shape index (κ2) is 4.79. The molecule has 1 aromatic heterocycles. The first kappa shape index (κ1) is 12.2. The highest BCUT2D eigenvalue weighted by molar-refractivity contribution is 5.72. The molecule has 1 aromatic rings. The van der Waals surface area contributed by atoms with E-state index in [2.05, 4.69) is 39.7 Å². The molecule has 3 aliphatic rings. The van der Waals surface area contributed by atoms with E-state index in [9.17, 15) is 0 Å². The second-order valence-corrected chi connectivity index (χ2v) is 5.79. The van der Waals surface area contributed by atoms with E-state index in [1.165, 1.54) is 12.1 Å². The second-order valence-electron chi connectivity index (χ2n) is 5.79. The Labute approximate surface area is 119 Å². The van der Waals surface area contributed by atoms with E-state index in [1.54, 1.807) is 0 Å². The molecule has 0 saturated carbocycles. The van der Waals surface area contributed by atoms with Crippen molar-refractivity contribution in [2.45, 2.75) is 31.9 Å². The van der Waals surface area contributed by atoms with Crippen LogP contribution in [0.2, 0.25) is 0 Å². The lowest BCUT2D eigenvalue weighted by Crippen LogP contribution is -2.48. The van der Waals surface area contributed by atoms with Crippen molar-refractivity contribution in [2.75, 3.05) is 41.4 Å².